The highest BCUT2D eigenvalue weighted by atomic mass is 32.1. The molecular weight excluding hydrogens is 242 g/mol. The van der Waals surface area contributed by atoms with Gasteiger partial charge in [-0.15, -0.1) is 11.3 Å². The van der Waals surface area contributed by atoms with E-state index in [1.54, 1.807) is 41.7 Å². The lowest BCUT2D eigenvalue weighted by Gasteiger charge is -1.95. The first-order valence-corrected chi connectivity index (χ1v) is 6.35. The molecule has 1 aromatic heterocycles. The molecule has 2 aromatic rings. The number of benzene rings is 1. The van der Waals surface area contributed by atoms with E-state index in [0.29, 0.717) is 11.1 Å². The fourth-order valence-electron chi connectivity index (χ4n) is 1.51. The van der Waals surface area contributed by atoms with E-state index in [1.165, 1.54) is 5.56 Å². The maximum atomic E-state index is 11.9. The first-order chi connectivity index (χ1) is 8.70. The van der Waals surface area contributed by atoms with Crippen molar-refractivity contribution < 1.29 is 4.79 Å². The van der Waals surface area contributed by atoms with Crippen molar-refractivity contribution in [1.29, 1.82) is 5.26 Å². The molecule has 3 heteroatoms. The lowest BCUT2D eigenvalue weighted by molar-refractivity contribution is 0.104. The number of carbonyl (C=O) groups excluding carboxylic acids is 1. The molecule has 1 heterocycles. The van der Waals surface area contributed by atoms with Crippen LogP contribution in [0.15, 0.2) is 41.8 Å². The predicted molar refractivity (Wildman–Crippen MR) is 73.6 cm³/mol. The minimum atomic E-state index is -0.0488. The van der Waals surface area contributed by atoms with Crippen LogP contribution in [0.4, 0.5) is 0 Å². The van der Waals surface area contributed by atoms with Crippen molar-refractivity contribution in [3.05, 3.63) is 63.4 Å². The summed E-state index contributed by atoms with van der Waals surface area (Å²) in [7, 11) is 0. The molecule has 1 aromatic carbocycles. The van der Waals surface area contributed by atoms with Crippen molar-refractivity contribution in [1.82, 2.24) is 0 Å². The van der Waals surface area contributed by atoms with E-state index >= 15 is 0 Å². The van der Waals surface area contributed by atoms with Gasteiger partial charge in [0.2, 0.25) is 0 Å². The zero-order valence-electron chi connectivity index (χ0n) is 9.88. The lowest BCUT2D eigenvalue weighted by atomic mass is 10.1. The molecule has 0 atom stereocenters. The fraction of sp³-hybridized carbons (Fsp3) is 0.0667. The first-order valence-electron chi connectivity index (χ1n) is 5.47. The van der Waals surface area contributed by atoms with Crippen LogP contribution < -0.4 is 0 Å². The molecule has 0 radical (unpaired) electrons. The molecule has 18 heavy (non-hydrogen) atoms. The van der Waals surface area contributed by atoms with Crippen LogP contribution in [0, 0.1) is 18.3 Å². The van der Waals surface area contributed by atoms with E-state index in [-0.39, 0.29) is 5.78 Å². The number of nitriles is 1. The van der Waals surface area contributed by atoms with Gasteiger partial charge in [-0.05, 0) is 60.4 Å². The van der Waals surface area contributed by atoms with Gasteiger partial charge in [0.15, 0.2) is 5.78 Å². The van der Waals surface area contributed by atoms with Gasteiger partial charge >= 0.3 is 0 Å². The van der Waals surface area contributed by atoms with Crippen molar-refractivity contribution in [3.8, 4) is 6.07 Å². The summed E-state index contributed by atoms with van der Waals surface area (Å²) in [5, 5.41) is 10.7. The van der Waals surface area contributed by atoms with Gasteiger partial charge in [-0.2, -0.15) is 5.26 Å². The highest BCUT2D eigenvalue weighted by Crippen LogP contribution is 2.17. The molecule has 0 fully saturated rings. The van der Waals surface area contributed by atoms with E-state index in [9.17, 15) is 4.79 Å². The Labute approximate surface area is 110 Å². The second kappa shape index (κ2) is 5.44. The average Bonchev–Trinajstić information content (AvgIpc) is 2.81. The standard InChI is InChI=1S/C15H11NOS/c1-11-8-9-18-15(11)7-6-14(17)13-4-2-12(10-16)3-5-13/h2-9H,1H3. The van der Waals surface area contributed by atoms with Crippen LogP contribution in [0.5, 0.6) is 0 Å². The highest BCUT2D eigenvalue weighted by Gasteiger charge is 2.02. The fourth-order valence-corrected chi connectivity index (χ4v) is 2.33. The molecular formula is C15H11NOS. The van der Waals surface area contributed by atoms with E-state index in [2.05, 4.69) is 0 Å². The normalized spacial score (nSPS) is 10.4. The van der Waals surface area contributed by atoms with Gasteiger partial charge in [-0.1, -0.05) is 0 Å². The Morgan fingerprint density at radius 1 is 1.28 bits per heavy atom. The van der Waals surface area contributed by atoms with Crippen LogP contribution in [0.2, 0.25) is 0 Å². The van der Waals surface area contributed by atoms with Gasteiger partial charge in [0.25, 0.3) is 0 Å². The summed E-state index contributed by atoms with van der Waals surface area (Å²) in [6.07, 6.45) is 3.40. The largest absolute Gasteiger partial charge is 0.289 e. The number of allylic oxidation sites excluding steroid dienone is 1. The van der Waals surface area contributed by atoms with E-state index in [1.807, 2.05) is 30.5 Å². The van der Waals surface area contributed by atoms with Crippen molar-refractivity contribution in [2.45, 2.75) is 6.92 Å². The second-order valence-corrected chi connectivity index (χ2v) is 4.80. The van der Waals surface area contributed by atoms with Gasteiger partial charge in [0.1, 0.15) is 0 Å². The molecule has 0 aliphatic carbocycles. The second-order valence-electron chi connectivity index (χ2n) is 3.85. The molecule has 0 N–H and O–H groups in total. The molecule has 2 nitrogen and oxygen atoms in total. The molecule has 0 saturated heterocycles. The Kier molecular flexibility index (Phi) is 3.71. The Hall–Kier alpha value is -2.18. The van der Waals surface area contributed by atoms with Gasteiger partial charge in [0, 0.05) is 10.4 Å². The number of carbonyl (C=O) groups is 1. The van der Waals surface area contributed by atoms with Crippen LogP contribution in [0.3, 0.4) is 0 Å². The van der Waals surface area contributed by atoms with Crippen LogP contribution in [0.25, 0.3) is 6.08 Å². The summed E-state index contributed by atoms with van der Waals surface area (Å²) in [6, 6.07) is 10.7. The first kappa shape index (κ1) is 12.3. The van der Waals surface area contributed by atoms with Crippen molar-refractivity contribution in [2.75, 3.05) is 0 Å². The number of aryl methyl sites for hydroxylation is 1. The number of hydrogen-bond donors (Lipinski definition) is 0. The van der Waals surface area contributed by atoms with Gasteiger partial charge < -0.3 is 0 Å². The van der Waals surface area contributed by atoms with Gasteiger partial charge in [0.05, 0.1) is 11.6 Å². The smallest absolute Gasteiger partial charge is 0.185 e. The summed E-state index contributed by atoms with van der Waals surface area (Å²) in [5.41, 5.74) is 2.33. The third kappa shape index (κ3) is 2.73. The van der Waals surface area contributed by atoms with Crippen LogP contribution in [0.1, 0.15) is 26.4 Å². The summed E-state index contributed by atoms with van der Waals surface area (Å²) < 4.78 is 0. The van der Waals surface area contributed by atoms with Gasteiger partial charge in [-0.25, -0.2) is 0 Å². The molecule has 0 unspecified atom stereocenters. The summed E-state index contributed by atoms with van der Waals surface area (Å²) >= 11 is 1.61. The molecule has 0 aliphatic heterocycles. The summed E-state index contributed by atoms with van der Waals surface area (Å²) in [6.45, 7) is 2.02. The molecule has 0 saturated carbocycles. The molecule has 0 aliphatic rings. The van der Waals surface area contributed by atoms with E-state index < -0.39 is 0 Å². The summed E-state index contributed by atoms with van der Waals surface area (Å²) in [4.78, 5) is 13.0. The number of thiophene rings is 1. The molecule has 2 rings (SSSR count). The van der Waals surface area contributed by atoms with E-state index in [4.69, 9.17) is 5.26 Å². The molecule has 0 bridgehead atoms. The molecule has 0 amide bonds. The quantitative estimate of drug-likeness (QED) is 0.616. The Morgan fingerprint density at radius 3 is 2.56 bits per heavy atom. The number of ketones is 1. The summed E-state index contributed by atoms with van der Waals surface area (Å²) in [5.74, 6) is -0.0488. The minimum Gasteiger partial charge on any atom is -0.289 e. The van der Waals surface area contributed by atoms with Crippen molar-refractivity contribution >= 4 is 23.2 Å². The zero-order valence-corrected chi connectivity index (χ0v) is 10.7. The molecule has 0 spiro atoms. The van der Waals surface area contributed by atoms with Crippen LogP contribution in [-0.2, 0) is 0 Å². The molecule has 88 valence electrons. The number of hydrogen-bond acceptors (Lipinski definition) is 3. The lowest BCUT2D eigenvalue weighted by Crippen LogP contribution is -1.93. The monoisotopic (exact) mass is 253 g/mol. The topological polar surface area (TPSA) is 40.9 Å². The minimum absolute atomic E-state index is 0.0488. The van der Waals surface area contributed by atoms with Crippen LogP contribution >= 0.6 is 11.3 Å². The third-order valence-corrected chi connectivity index (χ3v) is 3.57. The third-order valence-electron chi connectivity index (χ3n) is 2.59. The number of rotatable bonds is 3. The maximum Gasteiger partial charge on any atom is 0.185 e. The Morgan fingerprint density at radius 2 is 2.00 bits per heavy atom. The number of nitrogens with zero attached hydrogens (tertiary/aromatic N) is 1. The predicted octanol–water partition coefficient (Wildman–Crippen LogP) is 3.82. The van der Waals surface area contributed by atoms with Crippen molar-refractivity contribution in [2.24, 2.45) is 0 Å². The zero-order chi connectivity index (χ0) is 13.0. The average molecular weight is 253 g/mol. The maximum absolute atomic E-state index is 11.9. The Balaban J connectivity index is 2.15. The van der Waals surface area contributed by atoms with Crippen molar-refractivity contribution in [3.63, 3.8) is 0 Å². The van der Waals surface area contributed by atoms with Gasteiger partial charge in [-0.3, -0.25) is 4.79 Å². The Bertz CT molecular complexity index is 629. The van der Waals surface area contributed by atoms with Crippen LogP contribution in [-0.4, -0.2) is 5.78 Å². The SMILES string of the molecule is Cc1ccsc1C=CC(=O)c1ccc(C#N)cc1. The van der Waals surface area contributed by atoms with E-state index in [0.717, 1.165) is 4.88 Å². The highest BCUT2D eigenvalue weighted by molar-refractivity contribution is 7.11.